The third-order valence-corrected chi connectivity index (χ3v) is 3.74. The highest BCUT2D eigenvalue weighted by molar-refractivity contribution is 7.99. The number of tetrazole rings is 1. The fourth-order valence-electron chi connectivity index (χ4n) is 1.59. The van der Waals surface area contributed by atoms with E-state index in [4.69, 9.17) is 0 Å². The third kappa shape index (κ3) is 3.80. The van der Waals surface area contributed by atoms with Gasteiger partial charge in [-0.2, -0.15) is 4.68 Å². The molecule has 0 unspecified atom stereocenters. The van der Waals surface area contributed by atoms with E-state index >= 15 is 0 Å². The SMILES string of the molecule is CC(=O)Nc1cccc(-n2nnnc2SCC(C)C)c1. The van der Waals surface area contributed by atoms with E-state index in [2.05, 4.69) is 34.7 Å². The summed E-state index contributed by atoms with van der Waals surface area (Å²) in [5, 5.41) is 15.3. The number of amides is 1. The number of thioether (sulfide) groups is 1. The molecule has 1 aromatic heterocycles. The van der Waals surface area contributed by atoms with Gasteiger partial charge in [0.25, 0.3) is 0 Å². The van der Waals surface area contributed by atoms with Crippen LogP contribution in [0.3, 0.4) is 0 Å². The number of rotatable bonds is 5. The van der Waals surface area contributed by atoms with E-state index in [9.17, 15) is 4.79 Å². The Morgan fingerprint density at radius 3 is 2.95 bits per heavy atom. The summed E-state index contributed by atoms with van der Waals surface area (Å²) in [5.41, 5.74) is 1.55. The molecule has 1 aromatic carbocycles. The van der Waals surface area contributed by atoms with Crippen molar-refractivity contribution < 1.29 is 4.79 Å². The smallest absolute Gasteiger partial charge is 0.221 e. The Morgan fingerprint density at radius 1 is 1.45 bits per heavy atom. The van der Waals surface area contributed by atoms with Gasteiger partial charge in [-0.15, -0.1) is 5.10 Å². The monoisotopic (exact) mass is 291 g/mol. The molecule has 0 fully saturated rings. The molecule has 0 radical (unpaired) electrons. The van der Waals surface area contributed by atoms with E-state index in [1.54, 1.807) is 16.4 Å². The Hall–Kier alpha value is -1.89. The number of carbonyl (C=O) groups excluding carboxylic acids is 1. The number of hydrogen-bond acceptors (Lipinski definition) is 5. The standard InChI is InChI=1S/C13H17N5OS/c1-9(2)8-20-13-15-16-17-18(13)12-6-4-5-11(7-12)14-10(3)19/h4-7,9H,8H2,1-3H3,(H,14,19). The van der Waals surface area contributed by atoms with Crippen molar-refractivity contribution in [3.8, 4) is 5.69 Å². The molecular formula is C13H17N5OS. The fourth-order valence-corrected chi connectivity index (χ4v) is 2.43. The van der Waals surface area contributed by atoms with Crippen LogP contribution in [0.2, 0.25) is 0 Å². The normalized spacial score (nSPS) is 10.8. The van der Waals surface area contributed by atoms with Crippen molar-refractivity contribution in [2.45, 2.75) is 25.9 Å². The lowest BCUT2D eigenvalue weighted by molar-refractivity contribution is -0.114. The minimum atomic E-state index is -0.103. The van der Waals surface area contributed by atoms with Crippen LogP contribution in [0.1, 0.15) is 20.8 Å². The van der Waals surface area contributed by atoms with Crippen LogP contribution in [-0.2, 0) is 4.79 Å². The molecule has 1 N–H and O–H groups in total. The number of nitrogens with zero attached hydrogens (tertiary/aromatic N) is 4. The average molecular weight is 291 g/mol. The lowest BCUT2D eigenvalue weighted by Crippen LogP contribution is -2.07. The van der Waals surface area contributed by atoms with Crippen LogP contribution in [-0.4, -0.2) is 31.9 Å². The maximum atomic E-state index is 11.1. The Labute approximate surface area is 121 Å². The molecule has 0 spiro atoms. The summed E-state index contributed by atoms with van der Waals surface area (Å²) >= 11 is 1.62. The van der Waals surface area contributed by atoms with Crippen LogP contribution in [0.5, 0.6) is 0 Å². The Balaban J connectivity index is 2.23. The van der Waals surface area contributed by atoms with Gasteiger partial charge in [0.05, 0.1) is 5.69 Å². The van der Waals surface area contributed by atoms with E-state index in [1.165, 1.54) is 6.92 Å². The lowest BCUT2D eigenvalue weighted by atomic mass is 10.3. The van der Waals surface area contributed by atoms with Crippen LogP contribution in [0.4, 0.5) is 5.69 Å². The van der Waals surface area contributed by atoms with Gasteiger partial charge in [0.15, 0.2) is 0 Å². The van der Waals surface area contributed by atoms with Gasteiger partial charge >= 0.3 is 0 Å². The minimum Gasteiger partial charge on any atom is -0.326 e. The summed E-state index contributed by atoms with van der Waals surface area (Å²) in [4.78, 5) is 11.1. The van der Waals surface area contributed by atoms with Gasteiger partial charge in [0, 0.05) is 18.4 Å². The van der Waals surface area contributed by atoms with Gasteiger partial charge in [0.1, 0.15) is 0 Å². The van der Waals surface area contributed by atoms with Crippen LogP contribution < -0.4 is 5.32 Å². The highest BCUT2D eigenvalue weighted by Crippen LogP contribution is 2.22. The molecule has 1 heterocycles. The predicted molar refractivity (Wildman–Crippen MR) is 79.0 cm³/mol. The average Bonchev–Trinajstić information content (AvgIpc) is 2.84. The zero-order chi connectivity index (χ0) is 14.5. The van der Waals surface area contributed by atoms with Crippen LogP contribution >= 0.6 is 11.8 Å². The number of benzene rings is 1. The highest BCUT2D eigenvalue weighted by atomic mass is 32.2. The number of anilines is 1. The molecule has 106 valence electrons. The third-order valence-electron chi connectivity index (χ3n) is 2.40. The molecule has 2 aromatic rings. The van der Waals surface area contributed by atoms with Crippen molar-refractivity contribution in [1.82, 2.24) is 20.2 Å². The van der Waals surface area contributed by atoms with E-state index in [0.717, 1.165) is 22.3 Å². The molecule has 0 saturated carbocycles. The molecule has 1 amide bonds. The maximum Gasteiger partial charge on any atom is 0.221 e. The first-order valence-electron chi connectivity index (χ1n) is 6.35. The summed E-state index contributed by atoms with van der Waals surface area (Å²) in [7, 11) is 0. The van der Waals surface area contributed by atoms with E-state index in [1.807, 2.05) is 24.3 Å². The van der Waals surface area contributed by atoms with Gasteiger partial charge in [0.2, 0.25) is 11.1 Å². The van der Waals surface area contributed by atoms with Gasteiger partial charge in [-0.1, -0.05) is 31.7 Å². The van der Waals surface area contributed by atoms with Gasteiger partial charge in [-0.25, -0.2) is 0 Å². The van der Waals surface area contributed by atoms with Crippen molar-refractivity contribution in [1.29, 1.82) is 0 Å². The summed E-state index contributed by atoms with van der Waals surface area (Å²) in [5.74, 6) is 1.41. The second kappa shape index (κ2) is 6.51. The molecule has 20 heavy (non-hydrogen) atoms. The van der Waals surface area contributed by atoms with Gasteiger partial charge in [-0.3, -0.25) is 4.79 Å². The van der Waals surface area contributed by atoms with Crippen LogP contribution in [0.15, 0.2) is 29.4 Å². The van der Waals surface area contributed by atoms with Crippen LogP contribution in [0.25, 0.3) is 5.69 Å². The first-order chi connectivity index (χ1) is 9.56. The largest absolute Gasteiger partial charge is 0.326 e. The molecule has 0 atom stereocenters. The zero-order valence-corrected chi connectivity index (χ0v) is 12.5. The molecule has 0 aliphatic heterocycles. The summed E-state index contributed by atoms with van der Waals surface area (Å²) in [6, 6.07) is 7.44. The molecular weight excluding hydrogens is 274 g/mol. The molecule has 7 heteroatoms. The second-order valence-corrected chi connectivity index (χ2v) is 5.80. The molecule has 0 aliphatic rings. The predicted octanol–water partition coefficient (Wildman–Crippen LogP) is 2.37. The Morgan fingerprint density at radius 2 is 2.25 bits per heavy atom. The van der Waals surface area contributed by atoms with Crippen LogP contribution in [0, 0.1) is 5.92 Å². The van der Waals surface area contributed by atoms with Crippen molar-refractivity contribution in [3.05, 3.63) is 24.3 Å². The summed E-state index contributed by atoms with van der Waals surface area (Å²) < 4.78 is 1.68. The van der Waals surface area contributed by atoms with Crippen molar-refractivity contribution in [2.24, 2.45) is 5.92 Å². The summed E-state index contributed by atoms with van der Waals surface area (Å²) in [6.07, 6.45) is 0. The maximum absolute atomic E-state index is 11.1. The number of nitrogens with one attached hydrogen (secondary N) is 1. The van der Waals surface area contributed by atoms with E-state index in [-0.39, 0.29) is 5.91 Å². The number of aromatic nitrogens is 4. The fraction of sp³-hybridized carbons (Fsp3) is 0.385. The topological polar surface area (TPSA) is 72.7 Å². The molecule has 0 bridgehead atoms. The lowest BCUT2D eigenvalue weighted by Gasteiger charge is -2.08. The highest BCUT2D eigenvalue weighted by Gasteiger charge is 2.10. The second-order valence-electron chi connectivity index (χ2n) is 4.81. The van der Waals surface area contributed by atoms with E-state index in [0.29, 0.717) is 5.92 Å². The Bertz CT molecular complexity index is 596. The number of hydrogen-bond donors (Lipinski definition) is 1. The minimum absolute atomic E-state index is 0.103. The zero-order valence-electron chi connectivity index (χ0n) is 11.7. The molecule has 0 aliphatic carbocycles. The first kappa shape index (κ1) is 14.5. The Kier molecular flexibility index (Phi) is 4.73. The molecule has 6 nitrogen and oxygen atoms in total. The van der Waals surface area contributed by atoms with Gasteiger partial charge in [-0.05, 0) is 34.5 Å². The van der Waals surface area contributed by atoms with Crippen molar-refractivity contribution in [2.75, 3.05) is 11.1 Å². The quantitative estimate of drug-likeness (QED) is 0.856. The van der Waals surface area contributed by atoms with E-state index < -0.39 is 0 Å². The number of carbonyl (C=O) groups is 1. The summed E-state index contributed by atoms with van der Waals surface area (Å²) in [6.45, 7) is 5.78. The first-order valence-corrected chi connectivity index (χ1v) is 7.34. The van der Waals surface area contributed by atoms with Gasteiger partial charge < -0.3 is 5.32 Å². The molecule has 2 rings (SSSR count). The van der Waals surface area contributed by atoms with Crippen molar-refractivity contribution >= 4 is 23.4 Å². The molecule has 0 saturated heterocycles. The van der Waals surface area contributed by atoms with Crippen molar-refractivity contribution in [3.63, 3.8) is 0 Å².